The zero-order valence-corrected chi connectivity index (χ0v) is 12.3. The van der Waals surface area contributed by atoms with Crippen LogP contribution in [-0.4, -0.2) is 36.7 Å². The summed E-state index contributed by atoms with van der Waals surface area (Å²) in [6.45, 7) is 2.53. The Kier molecular flexibility index (Phi) is 3.16. The number of nitrogens with one attached hydrogen (secondary N) is 4. The van der Waals surface area contributed by atoms with Crippen molar-refractivity contribution in [3.05, 3.63) is 17.1 Å². The molecular formula is C14H17N5OS. The van der Waals surface area contributed by atoms with Gasteiger partial charge in [0.2, 0.25) is 0 Å². The van der Waals surface area contributed by atoms with Crippen molar-refractivity contribution < 1.29 is 4.79 Å². The molecule has 0 aromatic carbocycles. The van der Waals surface area contributed by atoms with Crippen molar-refractivity contribution in [1.82, 2.24) is 15.6 Å². The lowest BCUT2D eigenvalue weighted by molar-refractivity contribution is 0.0935. The van der Waals surface area contributed by atoms with E-state index in [0.717, 1.165) is 52.4 Å². The molecule has 2 aromatic rings. The van der Waals surface area contributed by atoms with Crippen LogP contribution in [0.1, 0.15) is 22.5 Å². The lowest BCUT2D eigenvalue weighted by Crippen LogP contribution is -2.45. The second-order valence-corrected chi connectivity index (χ2v) is 6.39. The second-order valence-electron chi connectivity index (χ2n) is 5.39. The third kappa shape index (κ3) is 2.22. The minimum absolute atomic E-state index is 0.00190. The molecule has 4 N–H and O–H groups in total. The van der Waals surface area contributed by atoms with Crippen LogP contribution in [0.2, 0.25) is 0 Å². The summed E-state index contributed by atoms with van der Waals surface area (Å²) in [6.07, 6.45) is 3.93. The average molecular weight is 303 g/mol. The number of anilines is 2. The highest BCUT2D eigenvalue weighted by Crippen LogP contribution is 2.40. The first kappa shape index (κ1) is 12.8. The van der Waals surface area contributed by atoms with Gasteiger partial charge < -0.3 is 21.3 Å². The zero-order chi connectivity index (χ0) is 14.2. The predicted molar refractivity (Wildman–Crippen MR) is 85.1 cm³/mol. The first-order chi connectivity index (χ1) is 10.3. The molecule has 1 saturated heterocycles. The largest absolute Gasteiger partial charge is 0.367 e. The molecule has 110 valence electrons. The number of thiophene rings is 1. The highest BCUT2D eigenvalue weighted by atomic mass is 32.1. The van der Waals surface area contributed by atoms with Gasteiger partial charge in [-0.3, -0.25) is 4.79 Å². The summed E-state index contributed by atoms with van der Waals surface area (Å²) in [5, 5.41) is 14.0. The van der Waals surface area contributed by atoms with E-state index in [1.54, 1.807) is 6.20 Å². The third-order valence-corrected chi connectivity index (χ3v) is 5.07. The zero-order valence-electron chi connectivity index (χ0n) is 11.5. The maximum atomic E-state index is 12.6. The van der Waals surface area contributed by atoms with Crippen molar-refractivity contribution in [1.29, 1.82) is 0 Å². The van der Waals surface area contributed by atoms with Crippen molar-refractivity contribution in [3.8, 4) is 0 Å². The van der Waals surface area contributed by atoms with Gasteiger partial charge in [0.25, 0.3) is 5.91 Å². The number of hydrogen-bond donors (Lipinski definition) is 4. The highest BCUT2D eigenvalue weighted by Gasteiger charge is 2.25. The van der Waals surface area contributed by atoms with Gasteiger partial charge in [0.05, 0.1) is 17.7 Å². The molecular weight excluding hydrogens is 286 g/mol. The van der Waals surface area contributed by atoms with E-state index in [1.165, 1.54) is 11.3 Å². The van der Waals surface area contributed by atoms with Gasteiger partial charge in [-0.15, -0.1) is 11.3 Å². The lowest BCUT2D eigenvalue weighted by atomic mass is 10.1. The quantitative estimate of drug-likeness (QED) is 0.677. The van der Waals surface area contributed by atoms with Crippen molar-refractivity contribution in [2.75, 3.05) is 30.4 Å². The Morgan fingerprint density at radius 1 is 1.43 bits per heavy atom. The number of hydrogen-bond acceptors (Lipinski definition) is 6. The first-order valence-corrected chi connectivity index (χ1v) is 8.05. The Labute approximate surface area is 126 Å². The van der Waals surface area contributed by atoms with Gasteiger partial charge in [0.1, 0.15) is 9.71 Å². The Morgan fingerprint density at radius 3 is 3.24 bits per heavy atom. The number of piperidine rings is 1. The number of pyridine rings is 1. The summed E-state index contributed by atoms with van der Waals surface area (Å²) in [4.78, 5) is 18.6. The van der Waals surface area contributed by atoms with Crippen LogP contribution in [0.15, 0.2) is 12.3 Å². The summed E-state index contributed by atoms with van der Waals surface area (Å²) in [7, 11) is 0. The molecule has 0 aliphatic carbocycles. The Morgan fingerprint density at radius 2 is 2.38 bits per heavy atom. The van der Waals surface area contributed by atoms with Crippen molar-refractivity contribution in [2.45, 2.75) is 18.9 Å². The molecule has 7 heteroatoms. The molecule has 0 saturated carbocycles. The molecule has 4 rings (SSSR count). The minimum Gasteiger partial charge on any atom is -0.367 e. The molecule has 2 aliphatic rings. The molecule has 1 amide bonds. The van der Waals surface area contributed by atoms with Crippen molar-refractivity contribution >= 4 is 38.8 Å². The maximum absolute atomic E-state index is 12.6. The fraction of sp³-hybridized carbons (Fsp3) is 0.429. The van der Waals surface area contributed by atoms with Crippen molar-refractivity contribution in [2.24, 2.45) is 0 Å². The summed E-state index contributed by atoms with van der Waals surface area (Å²) in [5.74, 6) is 0.00190. The number of rotatable bonds is 2. The van der Waals surface area contributed by atoms with Crippen LogP contribution in [0.3, 0.4) is 0 Å². The number of nitrogens with zero attached hydrogens (tertiary/aromatic N) is 1. The molecule has 0 radical (unpaired) electrons. The van der Waals surface area contributed by atoms with Crippen LogP contribution < -0.4 is 21.3 Å². The topological polar surface area (TPSA) is 78.1 Å². The van der Waals surface area contributed by atoms with E-state index >= 15 is 0 Å². The molecule has 1 unspecified atom stereocenters. The van der Waals surface area contributed by atoms with E-state index in [4.69, 9.17) is 0 Å². The van der Waals surface area contributed by atoms with Crippen molar-refractivity contribution in [3.63, 3.8) is 0 Å². The van der Waals surface area contributed by atoms with Crippen LogP contribution >= 0.6 is 11.3 Å². The van der Waals surface area contributed by atoms with Gasteiger partial charge in [0.15, 0.2) is 0 Å². The summed E-state index contributed by atoms with van der Waals surface area (Å²) in [5.41, 5.74) is 1.96. The van der Waals surface area contributed by atoms with Crippen LogP contribution in [-0.2, 0) is 0 Å². The number of carbonyl (C=O) groups excluding carboxylic acids is 1. The number of amides is 1. The van der Waals surface area contributed by atoms with E-state index < -0.39 is 0 Å². The van der Waals surface area contributed by atoms with E-state index in [-0.39, 0.29) is 11.9 Å². The van der Waals surface area contributed by atoms with E-state index in [9.17, 15) is 4.79 Å². The molecule has 0 bridgehead atoms. The fourth-order valence-electron chi connectivity index (χ4n) is 2.95. The molecule has 6 nitrogen and oxygen atoms in total. The Bertz CT molecular complexity index is 692. The monoisotopic (exact) mass is 303 g/mol. The van der Waals surface area contributed by atoms with Gasteiger partial charge in [-0.1, -0.05) is 0 Å². The molecule has 1 fully saturated rings. The normalized spacial score (nSPS) is 20.7. The van der Waals surface area contributed by atoms with Gasteiger partial charge in [-0.2, -0.15) is 0 Å². The lowest BCUT2D eigenvalue weighted by Gasteiger charge is -2.24. The minimum atomic E-state index is 0.00190. The fourth-order valence-corrected chi connectivity index (χ4v) is 4.00. The van der Waals surface area contributed by atoms with E-state index in [2.05, 4.69) is 26.3 Å². The Hall–Kier alpha value is -1.86. The van der Waals surface area contributed by atoms with Gasteiger partial charge in [-0.05, 0) is 25.5 Å². The Balaban J connectivity index is 1.67. The summed E-state index contributed by atoms with van der Waals surface area (Å²) >= 11 is 1.45. The molecule has 0 spiro atoms. The summed E-state index contributed by atoms with van der Waals surface area (Å²) < 4.78 is 0. The van der Waals surface area contributed by atoms with Gasteiger partial charge in [-0.25, -0.2) is 4.98 Å². The van der Waals surface area contributed by atoms with Gasteiger partial charge in [0, 0.05) is 24.5 Å². The van der Waals surface area contributed by atoms with E-state index in [0.29, 0.717) is 6.67 Å². The maximum Gasteiger partial charge on any atom is 0.263 e. The molecule has 1 atom stereocenters. The van der Waals surface area contributed by atoms with Gasteiger partial charge >= 0.3 is 0 Å². The van der Waals surface area contributed by atoms with Crippen LogP contribution in [0.5, 0.6) is 0 Å². The number of aromatic nitrogens is 1. The van der Waals surface area contributed by atoms with Crippen LogP contribution in [0.25, 0.3) is 10.2 Å². The molecule has 2 aromatic heterocycles. The first-order valence-electron chi connectivity index (χ1n) is 7.24. The predicted octanol–water partition coefficient (Wildman–Crippen LogP) is 1.57. The highest BCUT2D eigenvalue weighted by molar-refractivity contribution is 7.21. The average Bonchev–Trinajstić information content (AvgIpc) is 2.90. The third-order valence-electron chi connectivity index (χ3n) is 3.97. The molecule has 2 aliphatic heterocycles. The second kappa shape index (κ2) is 5.16. The standard InChI is InChI=1S/C14H17N5OS/c20-13(19-8-2-1-4-15-6-8)12-11-10-9(17-7-18-11)3-5-16-14(10)21-12/h3,5,8,15,17-18H,1-2,4,6-7H2,(H,19,20). The molecule has 4 heterocycles. The SMILES string of the molecule is O=C(NC1CCCNC1)c1sc2nccc3c2c1NCN3. The van der Waals surface area contributed by atoms with E-state index in [1.807, 2.05) is 6.07 Å². The molecule has 21 heavy (non-hydrogen) atoms. The number of carbonyl (C=O) groups is 1. The van der Waals surface area contributed by atoms with Crippen LogP contribution in [0.4, 0.5) is 11.4 Å². The summed E-state index contributed by atoms with van der Waals surface area (Å²) in [6, 6.07) is 2.17. The van der Waals surface area contributed by atoms with Crippen LogP contribution in [0, 0.1) is 0 Å². The smallest absolute Gasteiger partial charge is 0.263 e.